The van der Waals surface area contributed by atoms with Crippen LogP contribution in [0.5, 0.6) is 0 Å². The molecule has 1 unspecified atom stereocenters. The largest absolute Gasteiger partial charge is 0.464 e. The van der Waals surface area contributed by atoms with Crippen molar-refractivity contribution in [2.24, 2.45) is 5.92 Å². The summed E-state index contributed by atoms with van der Waals surface area (Å²) in [6.45, 7) is 3.51. The molecule has 0 heterocycles. The maximum Gasteiger partial charge on any atom is 0.336 e. The zero-order chi connectivity index (χ0) is 12.1. The summed E-state index contributed by atoms with van der Waals surface area (Å²) in [6.07, 6.45) is 1.87. The minimum Gasteiger partial charge on any atom is -0.464 e. The van der Waals surface area contributed by atoms with Gasteiger partial charge in [0.2, 0.25) is 5.91 Å². The van der Waals surface area contributed by atoms with Crippen molar-refractivity contribution in [3.8, 4) is 0 Å². The number of amides is 1. The number of rotatable bonds is 6. The van der Waals surface area contributed by atoms with Gasteiger partial charge in [-0.2, -0.15) is 0 Å². The van der Waals surface area contributed by atoms with Crippen molar-refractivity contribution in [3.05, 3.63) is 0 Å². The van der Waals surface area contributed by atoms with Gasteiger partial charge in [0, 0.05) is 12.3 Å². The average Bonchev–Trinajstić information content (AvgIpc) is 3.08. The van der Waals surface area contributed by atoms with Crippen LogP contribution in [-0.2, 0) is 19.1 Å². The van der Waals surface area contributed by atoms with Gasteiger partial charge in [-0.1, -0.05) is 6.92 Å². The fourth-order valence-corrected chi connectivity index (χ4v) is 1.31. The van der Waals surface area contributed by atoms with Crippen LogP contribution >= 0.6 is 0 Å². The van der Waals surface area contributed by atoms with Crippen molar-refractivity contribution in [2.45, 2.75) is 39.2 Å². The van der Waals surface area contributed by atoms with Crippen LogP contribution in [0.25, 0.3) is 0 Å². The highest BCUT2D eigenvalue weighted by atomic mass is 16.5. The van der Waals surface area contributed by atoms with Crippen molar-refractivity contribution < 1.29 is 19.1 Å². The van der Waals surface area contributed by atoms with Crippen LogP contribution in [0.15, 0.2) is 0 Å². The van der Waals surface area contributed by atoms with Crippen LogP contribution in [0.3, 0.4) is 0 Å². The van der Waals surface area contributed by atoms with Crippen molar-refractivity contribution >= 4 is 17.7 Å². The molecule has 0 aromatic carbocycles. The first-order chi connectivity index (χ1) is 7.60. The van der Waals surface area contributed by atoms with Gasteiger partial charge in [-0.3, -0.25) is 9.59 Å². The molecule has 1 atom stereocenters. The molecule has 0 aromatic rings. The Morgan fingerprint density at radius 1 is 1.31 bits per heavy atom. The molecule has 1 amide bonds. The van der Waals surface area contributed by atoms with E-state index in [1.165, 1.54) is 0 Å². The number of esters is 1. The molecule has 0 aliphatic heterocycles. The topological polar surface area (TPSA) is 72.5 Å². The zero-order valence-electron chi connectivity index (χ0n) is 9.62. The van der Waals surface area contributed by atoms with Crippen LogP contribution in [0, 0.1) is 5.92 Å². The summed E-state index contributed by atoms with van der Waals surface area (Å²) in [6, 6.07) is -1.13. The first-order valence-corrected chi connectivity index (χ1v) is 5.59. The number of ketones is 1. The zero-order valence-corrected chi connectivity index (χ0v) is 9.62. The highest BCUT2D eigenvalue weighted by molar-refractivity contribution is 6.06. The molecule has 0 radical (unpaired) electrons. The molecule has 0 spiro atoms. The first kappa shape index (κ1) is 12.7. The number of Topliss-reactive ketones (excluding diaryl/α,β-unsaturated/α-hetero) is 1. The molecule has 1 aliphatic rings. The van der Waals surface area contributed by atoms with Crippen LogP contribution in [-0.4, -0.2) is 30.3 Å². The lowest BCUT2D eigenvalue weighted by Crippen LogP contribution is -2.47. The average molecular weight is 227 g/mol. The number of hydrogen-bond donors (Lipinski definition) is 1. The Kier molecular flexibility index (Phi) is 4.46. The molecule has 1 fully saturated rings. The molecule has 1 rings (SSSR count). The van der Waals surface area contributed by atoms with Crippen LogP contribution in [0.4, 0.5) is 0 Å². The van der Waals surface area contributed by atoms with Gasteiger partial charge in [0.05, 0.1) is 6.61 Å². The Bertz CT molecular complexity index is 296. The van der Waals surface area contributed by atoms with Gasteiger partial charge in [-0.15, -0.1) is 0 Å². The summed E-state index contributed by atoms with van der Waals surface area (Å²) in [5.41, 5.74) is 0. The Labute approximate surface area is 94.5 Å². The predicted molar refractivity (Wildman–Crippen MR) is 56.6 cm³/mol. The van der Waals surface area contributed by atoms with Gasteiger partial charge in [0.15, 0.2) is 11.8 Å². The second-order valence-electron chi connectivity index (χ2n) is 3.79. The maximum atomic E-state index is 11.5. The van der Waals surface area contributed by atoms with E-state index in [1.807, 2.05) is 0 Å². The van der Waals surface area contributed by atoms with E-state index in [2.05, 4.69) is 5.32 Å². The van der Waals surface area contributed by atoms with Gasteiger partial charge >= 0.3 is 5.97 Å². The smallest absolute Gasteiger partial charge is 0.336 e. The molecular formula is C11H17NO4. The van der Waals surface area contributed by atoms with Crippen molar-refractivity contribution in [3.63, 3.8) is 0 Å². The lowest BCUT2D eigenvalue weighted by atomic mass is 10.1. The Morgan fingerprint density at radius 2 is 1.94 bits per heavy atom. The summed E-state index contributed by atoms with van der Waals surface area (Å²) >= 11 is 0. The third kappa shape index (κ3) is 3.32. The molecule has 0 saturated heterocycles. The second-order valence-corrected chi connectivity index (χ2v) is 3.79. The summed E-state index contributed by atoms with van der Waals surface area (Å²) in [4.78, 5) is 34.4. The number of ether oxygens (including phenoxy) is 1. The summed E-state index contributed by atoms with van der Waals surface area (Å²) in [5.74, 6) is -1.22. The van der Waals surface area contributed by atoms with E-state index in [1.54, 1.807) is 13.8 Å². The van der Waals surface area contributed by atoms with Crippen molar-refractivity contribution in [1.82, 2.24) is 5.32 Å². The molecule has 1 N–H and O–H groups in total. The second kappa shape index (κ2) is 5.63. The monoisotopic (exact) mass is 227 g/mol. The SMILES string of the molecule is CCOC(=O)C(NC(=O)C1CC1)C(=O)CC. The standard InChI is InChI=1S/C11H17NO4/c1-3-8(13)9(11(15)16-4-2)12-10(14)7-5-6-7/h7,9H,3-6H2,1-2H3,(H,12,14). The quantitative estimate of drug-likeness (QED) is 0.527. The van der Waals surface area contributed by atoms with Gasteiger partial charge in [-0.25, -0.2) is 4.79 Å². The van der Waals surface area contributed by atoms with Crippen LogP contribution in [0.2, 0.25) is 0 Å². The fourth-order valence-electron chi connectivity index (χ4n) is 1.31. The molecule has 0 bridgehead atoms. The van der Waals surface area contributed by atoms with Crippen LogP contribution in [0.1, 0.15) is 33.1 Å². The van der Waals surface area contributed by atoms with Crippen molar-refractivity contribution in [2.75, 3.05) is 6.61 Å². The number of hydrogen-bond acceptors (Lipinski definition) is 4. The predicted octanol–water partition coefficient (Wildman–Crippen LogP) is 0.423. The normalized spacial score (nSPS) is 16.4. The van der Waals surface area contributed by atoms with E-state index in [9.17, 15) is 14.4 Å². The van der Waals surface area contributed by atoms with Gasteiger partial charge in [-0.05, 0) is 19.8 Å². The number of carbonyl (C=O) groups is 3. The Balaban J connectivity index is 2.58. The Hall–Kier alpha value is -1.39. The minimum atomic E-state index is -1.13. The summed E-state index contributed by atoms with van der Waals surface area (Å²) < 4.78 is 4.75. The van der Waals surface area contributed by atoms with Crippen molar-refractivity contribution in [1.29, 1.82) is 0 Å². The molecule has 0 aromatic heterocycles. The molecule has 16 heavy (non-hydrogen) atoms. The fraction of sp³-hybridized carbons (Fsp3) is 0.727. The van der Waals surface area contributed by atoms with Gasteiger partial charge < -0.3 is 10.1 Å². The lowest BCUT2D eigenvalue weighted by molar-refractivity contribution is -0.150. The van der Waals surface area contributed by atoms with Gasteiger partial charge in [0.25, 0.3) is 0 Å². The molecule has 5 nitrogen and oxygen atoms in total. The van der Waals surface area contributed by atoms with Crippen LogP contribution < -0.4 is 5.32 Å². The van der Waals surface area contributed by atoms with Gasteiger partial charge in [0.1, 0.15) is 0 Å². The first-order valence-electron chi connectivity index (χ1n) is 5.59. The van der Waals surface area contributed by atoms with E-state index < -0.39 is 12.0 Å². The van der Waals surface area contributed by atoms with E-state index in [0.29, 0.717) is 0 Å². The molecular weight excluding hydrogens is 210 g/mol. The number of nitrogens with one attached hydrogen (secondary N) is 1. The lowest BCUT2D eigenvalue weighted by Gasteiger charge is -2.15. The highest BCUT2D eigenvalue weighted by Crippen LogP contribution is 2.28. The summed E-state index contributed by atoms with van der Waals surface area (Å²) in [5, 5.41) is 2.45. The summed E-state index contributed by atoms with van der Waals surface area (Å²) in [7, 11) is 0. The number of carbonyl (C=O) groups excluding carboxylic acids is 3. The molecule has 1 aliphatic carbocycles. The molecule has 5 heteroatoms. The molecule has 90 valence electrons. The minimum absolute atomic E-state index is 0.0263. The highest BCUT2D eigenvalue weighted by Gasteiger charge is 2.35. The Morgan fingerprint density at radius 3 is 2.38 bits per heavy atom. The van der Waals surface area contributed by atoms with E-state index >= 15 is 0 Å². The third-order valence-corrected chi connectivity index (χ3v) is 2.43. The maximum absolute atomic E-state index is 11.5. The van der Waals surface area contributed by atoms with E-state index in [-0.39, 0.29) is 30.6 Å². The van der Waals surface area contributed by atoms with E-state index in [0.717, 1.165) is 12.8 Å². The van der Waals surface area contributed by atoms with E-state index in [4.69, 9.17) is 4.74 Å². The molecule has 1 saturated carbocycles. The third-order valence-electron chi connectivity index (χ3n) is 2.43.